The second-order valence-corrected chi connectivity index (χ2v) is 5.08. The molecule has 0 saturated heterocycles. The molecule has 2 aromatic rings. The number of hydrogen-bond donors (Lipinski definition) is 1. The fraction of sp³-hybridized carbons (Fsp3) is 0.0769. The number of halogens is 4. The van der Waals surface area contributed by atoms with Gasteiger partial charge in [-0.2, -0.15) is 0 Å². The van der Waals surface area contributed by atoms with Crippen molar-refractivity contribution in [3.05, 3.63) is 62.3 Å². The maximum Gasteiger partial charge on any atom is 0.165 e. The Morgan fingerprint density at radius 3 is 2.28 bits per heavy atom. The highest BCUT2D eigenvalue weighted by Crippen LogP contribution is 2.33. The Hall–Kier alpha value is -0.960. The van der Waals surface area contributed by atoms with Crippen molar-refractivity contribution in [1.82, 2.24) is 0 Å². The first-order valence-electron chi connectivity index (χ1n) is 5.15. The predicted molar refractivity (Wildman–Crippen MR) is 75.1 cm³/mol. The quantitative estimate of drug-likeness (QED) is 0.616. The van der Waals surface area contributed by atoms with E-state index in [1.807, 2.05) is 12.1 Å². The second-order valence-electron chi connectivity index (χ2n) is 3.86. The molecule has 0 aromatic heterocycles. The summed E-state index contributed by atoms with van der Waals surface area (Å²) in [6.07, 6.45) is 0.423. The van der Waals surface area contributed by atoms with Crippen molar-refractivity contribution in [3.8, 4) is 0 Å². The van der Waals surface area contributed by atoms with Crippen LogP contribution in [0.15, 0.2) is 30.3 Å². The van der Waals surface area contributed by atoms with Gasteiger partial charge in [-0.05, 0) is 29.3 Å². The Bertz CT molecular complexity index is 582. The molecular weight excluding hydrogens is 296 g/mol. The number of anilines is 1. The largest absolute Gasteiger partial charge is 0.396 e. The van der Waals surface area contributed by atoms with Gasteiger partial charge in [0.15, 0.2) is 5.82 Å². The van der Waals surface area contributed by atoms with Crippen LogP contribution in [0.3, 0.4) is 0 Å². The molecule has 0 aliphatic heterocycles. The van der Waals surface area contributed by atoms with Crippen LogP contribution in [0.2, 0.25) is 15.1 Å². The van der Waals surface area contributed by atoms with E-state index in [0.717, 1.165) is 5.56 Å². The molecule has 0 amide bonds. The zero-order chi connectivity index (χ0) is 13.3. The molecule has 0 radical (unpaired) electrons. The van der Waals surface area contributed by atoms with Crippen LogP contribution in [-0.4, -0.2) is 0 Å². The van der Waals surface area contributed by atoms with Crippen LogP contribution in [0.4, 0.5) is 10.1 Å². The molecular formula is C13H9Cl3FN. The van der Waals surface area contributed by atoms with Crippen molar-refractivity contribution in [1.29, 1.82) is 0 Å². The van der Waals surface area contributed by atoms with Crippen molar-refractivity contribution in [3.63, 3.8) is 0 Å². The van der Waals surface area contributed by atoms with Crippen LogP contribution in [0.25, 0.3) is 0 Å². The average molecular weight is 305 g/mol. The molecule has 0 aliphatic carbocycles. The maximum absolute atomic E-state index is 13.6. The average Bonchev–Trinajstić information content (AvgIpc) is 2.34. The lowest BCUT2D eigenvalue weighted by atomic mass is 10.0. The summed E-state index contributed by atoms with van der Waals surface area (Å²) >= 11 is 17.7. The highest BCUT2D eigenvalue weighted by Gasteiger charge is 2.14. The summed E-state index contributed by atoms with van der Waals surface area (Å²) in [6, 6.07) is 8.55. The molecule has 0 heterocycles. The Morgan fingerprint density at radius 2 is 1.67 bits per heavy atom. The summed E-state index contributed by atoms with van der Waals surface area (Å²) in [6.45, 7) is 0. The minimum Gasteiger partial charge on any atom is -0.396 e. The van der Waals surface area contributed by atoms with Gasteiger partial charge in [-0.15, -0.1) is 0 Å². The van der Waals surface area contributed by atoms with E-state index < -0.39 is 5.82 Å². The number of nitrogens with two attached hydrogens (primary N) is 1. The van der Waals surface area contributed by atoms with Crippen molar-refractivity contribution >= 4 is 40.5 Å². The summed E-state index contributed by atoms with van der Waals surface area (Å²) < 4.78 is 13.6. The van der Waals surface area contributed by atoms with E-state index in [1.165, 1.54) is 6.07 Å². The van der Waals surface area contributed by atoms with E-state index in [2.05, 4.69) is 0 Å². The third-order valence-corrected chi connectivity index (χ3v) is 3.56. The lowest BCUT2D eigenvalue weighted by Crippen LogP contribution is -1.98. The van der Waals surface area contributed by atoms with Crippen molar-refractivity contribution in [2.45, 2.75) is 6.42 Å². The fourth-order valence-electron chi connectivity index (χ4n) is 1.62. The van der Waals surface area contributed by atoms with Gasteiger partial charge < -0.3 is 5.73 Å². The molecule has 2 rings (SSSR count). The van der Waals surface area contributed by atoms with Gasteiger partial charge in [0.05, 0.1) is 10.7 Å². The molecule has 5 heteroatoms. The number of nitrogen functional groups attached to an aromatic ring is 1. The van der Waals surface area contributed by atoms with E-state index >= 15 is 0 Å². The van der Waals surface area contributed by atoms with Gasteiger partial charge in [-0.25, -0.2) is 4.39 Å². The molecule has 0 saturated carbocycles. The fourth-order valence-corrected chi connectivity index (χ4v) is 2.35. The second kappa shape index (κ2) is 5.35. The summed E-state index contributed by atoms with van der Waals surface area (Å²) in [5, 5.41) is 0.961. The third-order valence-electron chi connectivity index (χ3n) is 2.58. The summed E-state index contributed by atoms with van der Waals surface area (Å²) in [5.41, 5.74) is 6.85. The van der Waals surface area contributed by atoms with Crippen LogP contribution in [0, 0.1) is 5.82 Å². The monoisotopic (exact) mass is 303 g/mol. The van der Waals surface area contributed by atoms with E-state index in [1.54, 1.807) is 12.1 Å². The Balaban J connectivity index is 2.40. The Kier molecular flexibility index (Phi) is 4.00. The van der Waals surface area contributed by atoms with Gasteiger partial charge >= 0.3 is 0 Å². The molecule has 0 atom stereocenters. The highest BCUT2D eigenvalue weighted by molar-refractivity contribution is 6.36. The number of rotatable bonds is 2. The molecule has 2 aromatic carbocycles. The predicted octanol–water partition coefficient (Wildman–Crippen LogP) is 4.96. The van der Waals surface area contributed by atoms with E-state index in [0.29, 0.717) is 22.0 Å². The van der Waals surface area contributed by atoms with Crippen LogP contribution in [0.5, 0.6) is 0 Å². The molecule has 94 valence electrons. The van der Waals surface area contributed by atoms with Crippen LogP contribution >= 0.6 is 34.8 Å². The van der Waals surface area contributed by atoms with Crippen LogP contribution in [0.1, 0.15) is 11.1 Å². The third kappa shape index (κ3) is 2.72. The molecule has 0 unspecified atom stereocenters. The standard InChI is InChI=1S/C13H9Cl3FN/c14-8-3-1-7(2-4-8)5-9-10(15)6-11(18)13(17)12(9)16/h1-4,6H,5,18H2. The van der Waals surface area contributed by atoms with E-state index in [-0.39, 0.29) is 10.7 Å². The molecule has 18 heavy (non-hydrogen) atoms. The van der Waals surface area contributed by atoms with Gasteiger partial charge in [0, 0.05) is 16.5 Å². The first-order valence-corrected chi connectivity index (χ1v) is 6.28. The summed E-state index contributed by atoms with van der Waals surface area (Å²) in [7, 11) is 0. The van der Waals surface area contributed by atoms with Crippen molar-refractivity contribution in [2.24, 2.45) is 0 Å². The molecule has 0 spiro atoms. The first kappa shape index (κ1) is 13.5. The molecule has 1 nitrogen and oxygen atoms in total. The molecule has 0 fully saturated rings. The highest BCUT2D eigenvalue weighted by atomic mass is 35.5. The zero-order valence-corrected chi connectivity index (χ0v) is 11.5. The maximum atomic E-state index is 13.6. The Morgan fingerprint density at radius 1 is 1.06 bits per heavy atom. The van der Waals surface area contributed by atoms with Crippen LogP contribution < -0.4 is 5.73 Å². The summed E-state index contributed by atoms with van der Waals surface area (Å²) in [4.78, 5) is 0. The molecule has 0 bridgehead atoms. The smallest absolute Gasteiger partial charge is 0.165 e. The normalized spacial score (nSPS) is 10.7. The van der Waals surface area contributed by atoms with E-state index in [4.69, 9.17) is 40.5 Å². The van der Waals surface area contributed by atoms with Gasteiger partial charge in [0.25, 0.3) is 0 Å². The molecule has 0 aliphatic rings. The van der Waals surface area contributed by atoms with Crippen molar-refractivity contribution in [2.75, 3.05) is 5.73 Å². The minimum atomic E-state index is -0.634. The first-order chi connectivity index (χ1) is 8.49. The summed E-state index contributed by atoms with van der Waals surface area (Å²) in [5.74, 6) is -0.634. The van der Waals surface area contributed by atoms with Crippen molar-refractivity contribution < 1.29 is 4.39 Å². The van der Waals surface area contributed by atoms with Gasteiger partial charge in [-0.1, -0.05) is 46.9 Å². The SMILES string of the molecule is Nc1cc(Cl)c(Cc2ccc(Cl)cc2)c(Cl)c1F. The van der Waals surface area contributed by atoms with Gasteiger partial charge in [0.2, 0.25) is 0 Å². The molecule has 2 N–H and O–H groups in total. The topological polar surface area (TPSA) is 26.0 Å². The number of benzene rings is 2. The lowest BCUT2D eigenvalue weighted by Gasteiger charge is -2.10. The minimum absolute atomic E-state index is 0.0325. The lowest BCUT2D eigenvalue weighted by molar-refractivity contribution is 0.631. The van der Waals surface area contributed by atoms with Gasteiger partial charge in [0.1, 0.15) is 0 Å². The van der Waals surface area contributed by atoms with Gasteiger partial charge in [-0.3, -0.25) is 0 Å². The zero-order valence-electron chi connectivity index (χ0n) is 9.18. The van der Waals surface area contributed by atoms with E-state index in [9.17, 15) is 4.39 Å². The number of hydrogen-bond acceptors (Lipinski definition) is 1. The van der Waals surface area contributed by atoms with Crippen LogP contribution in [-0.2, 0) is 6.42 Å². The Labute approximate surface area is 119 Å².